The summed E-state index contributed by atoms with van der Waals surface area (Å²) in [4.78, 5) is 0. The van der Waals surface area contributed by atoms with Crippen LogP contribution >= 0.6 is 0 Å². The minimum Gasteiger partial charge on any atom is -0.226 e. The molecule has 0 saturated carbocycles. The zero-order valence-electron chi connectivity index (χ0n) is 16.5. The highest BCUT2D eigenvalue weighted by Gasteiger charge is 2.96. The van der Waals surface area contributed by atoms with Crippen LogP contribution in [0.1, 0.15) is 12.8 Å². The number of allylic oxidation sites excluding steroid dienone is 2. The molecular formula is C16H10F20. The van der Waals surface area contributed by atoms with Crippen LogP contribution in [0.3, 0.4) is 0 Å². The molecule has 0 heterocycles. The van der Waals surface area contributed by atoms with Crippen LogP contribution in [0.4, 0.5) is 87.8 Å². The molecule has 36 heavy (non-hydrogen) atoms. The maximum Gasteiger partial charge on any atom is 0.429 e. The first kappa shape index (κ1) is 34.1. The lowest BCUT2D eigenvalue weighted by Crippen LogP contribution is -2.77. The van der Waals surface area contributed by atoms with Crippen molar-refractivity contribution in [1.82, 2.24) is 0 Å². The molecule has 0 N–H and O–H groups in total. The summed E-state index contributed by atoms with van der Waals surface area (Å²) in [7, 11) is 0. The maximum absolute atomic E-state index is 13.9. The summed E-state index contributed by atoms with van der Waals surface area (Å²) in [6.07, 6.45) is -22.3. The first-order valence-corrected chi connectivity index (χ1v) is 8.37. The van der Waals surface area contributed by atoms with E-state index in [2.05, 4.69) is 13.2 Å². The van der Waals surface area contributed by atoms with Crippen molar-refractivity contribution in [3.63, 3.8) is 0 Å². The molecule has 0 saturated heterocycles. The fraction of sp³-hybridized carbons (Fsp3) is 0.750. The number of halogens is 20. The quantitative estimate of drug-likeness (QED) is 0.169. The van der Waals surface area contributed by atoms with Crippen LogP contribution in [0.5, 0.6) is 0 Å². The van der Waals surface area contributed by atoms with Gasteiger partial charge in [-0.1, -0.05) is 12.2 Å². The van der Waals surface area contributed by atoms with Crippen LogP contribution in [0.2, 0.25) is 0 Å². The summed E-state index contributed by atoms with van der Waals surface area (Å²) in [6, 6.07) is 0. The van der Waals surface area contributed by atoms with Crippen molar-refractivity contribution >= 4 is 0 Å². The first-order chi connectivity index (χ1) is 15.4. The van der Waals surface area contributed by atoms with Crippen molar-refractivity contribution in [2.75, 3.05) is 0 Å². The third-order valence-corrected chi connectivity index (χ3v) is 4.72. The predicted molar refractivity (Wildman–Crippen MR) is 79.1 cm³/mol. The highest BCUT2D eigenvalue weighted by Crippen LogP contribution is 2.66. The molecule has 0 aliphatic carbocycles. The zero-order valence-corrected chi connectivity index (χ0v) is 16.5. The fourth-order valence-electron chi connectivity index (χ4n) is 2.53. The Bertz CT molecular complexity index is 749. The molecule has 0 rings (SSSR count). The number of alkyl halides is 20. The Labute approximate surface area is 186 Å². The Kier molecular flexibility index (Phi) is 8.36. The first-order valence-electron chi connectivity index (χ1n) is 8.37. The van der Waals surface area contributed by atoms with Crippen molar-refractivity contribution in [3.05, 3.63) is 25.3 Å². The minimum atomic E-state index is -8.90. The summed E-state index contributed by atoms with van der Waals surface area (Å²) in [5, 5.41) is 0. The molecule has 0 aromatic heterocycles. The summed E-state index contributed by atoms with van der Waals surface area (Å²) in [5.74, 6) is -51.6. The van der Waals surface area contributed by atoms with Gasteiger partial charge in [0.1, 0.15) is 0 Å². The Morgan fingerprint density at radius 2 is 0.500 bits per heavy atom. The van der Waals surface area contributed by atoms with E-state index in [0.717, 1.165) is 0 Å². The third kappa shape index (κ3) is 4.09. The van der Waals surface area contributed by atoms with Gasteiger partial charge in [0.15, 0.2) is 0 Å². The van der Waals surface area contributed by atoms with Crippen molar-refractivity contribution in [2.45, 2.75) is 72.1 Å². The lowest BCUT2D eigenvalue weighted by Gasteiger charge is -2.46. The van der Waals surface area contributed by atoms with E-state index in [4.69, 9.17) is 0 Å². The third-order valence-electron chi connectivity index (χ3n) is 4.72. The molecule has 0 bridgehead atoms. The van der Waals surface area contributed by atoms with Crippen molar-refractivity contribution < 1.29 is 87.8 Å². The minimum absolute atomic E-state index is 0.632. The monoisotopic (exact) mass is 582 g/mol. The van der Waals surface area contributed by atoms with E-state index in [-0.39, 0.29) is 0 Å². The highest BCUT2D eigenvalue weighted by atomic mass is 19.4. The van der Waals surface area contributed by atoms with Crippen molar-refractivity contribution in [1.29, 1.82) is 0 Å². The van der Waals surface area contributed by atoms with Crippen LogP contribution in [0, 0.1) is 0 Å². The lowest BCUT2D eigenvalue weighted by atomic mass is 9.79. The molecule has 0 amide bonds. The molecule has 0 aromatic rings. The molecular weight excluding hydrogens is 572 g/mol. The molecule has 0 aliphatic rings. The molecule has 20 heteroatoms. The standard InChI is InChI=1S/C16H10F20/c1-3-5-7(17,15(31,32)33)9(19,20)11(23,24)13(27,28)14(29,30)12(25,26)10(21,22)8(18,6-4-2)16(34,35)36/h3-4H,1-2,5-6H2. The second kappa shape index (κ2) is 8.83. The van der Waals surface area contributed by atoms with E-state index in [1.54, 1.807) is 0 Å². The van der Waals surface area contributed by atoms with Gasteiger partial charge in [0.2, 0.25) is 0 Å². The van der Waals surface area contributed by atoms with Gasteiger partial charge in [-0.05, 0) is 0 Å². The van der Waals surface area contributed by atoms with Gasteiger partial charge in [-0.25, -0.2) is 8.78 Å². The van der Waals surface area contributed by atoms with Gasteiger partial charge in [-0.15, -0.1) is 13.2 Å². The highest BCUT2D eigenvalue weighted by molar-refractivity contribution is 5.21. The number of hydrogen-bond donors (Lipinski definition) is 0. The van der Waals surface area contributed by atoms with E-state index >= 15 is 0 Å². The van der Waals surface area contributed by atoms with Gasteiger partial charge in [-0.3, -0.25) is 0 Å². The molecule has 0 nitrogen and oxygen atoms in total. The zero-order chi connectivity index (χ0) is 29.8. The SMILES string of the molecule is C=CCC(F)(C(F)(F)F)C(F)(F)C(F)(F)C(F)(F)C(F)(F)C(F)(F)C(F)(F)C(F)(CC=C)C(F)(F)F. The van der Waals surface area contributed by atoms with Gasteiger partial charge in [0.05, 0.1) is 0 Å². The predicted octanol–water partition coefficient (Wildman–Crippen LogP) is 8.49. The summed E-state index contributed by atoms with van der Waals surface area (Å²) in [5.41, 5.74) is -14.0. The van der Waals surface area contributed by atoms with Gasteiger partial charge in [-0.2, -0.15) is 79.0 Å². The molecule has 0 spiro atoms. The smallest absolute Gasteiger partial charge is 0.226 e. The Morgan fingerprint density at radius 3 is 0.639 bits per heavy atom. The number of hydrogen-bond acceptors (Lipinski definition) is 0. The Balaban J connectivity index is 7.30. The molecule has 0 aromatic carbocycles. The van der Waals surface area contributed by atoms with E-state index in [9.17, 15) is 87.8 Å². The van der Waals surface area contributed by atoms with Crippen LogP contribution in [-0.2, 0) is 0 Å². The van der Waals surface area contributed by atoms with E-state index in [1.807, 2.05) is 0 Å². The second-order valence-corrected chi connectivity index (χ2v) is 7.03. The summed E-state index contributed by atoms with van der Waals surface area (Å²) < 4.78 is 269. The fourth-order valence-corrected chi connectivity index (χ4v) is 2.53. The largest absolute Gasteiger partial charge is 0.429 e. The van der Waals surface area contributed by atoms with E-state index in [1.165, 1.54) is 0 Å². The van der Waals surface area contributed by atoms with Gasteiger partial charge < -0.3 is 0 Å². The maximum atomic E-state index is 13.9. The van der Waals surface area contributed by atoms with Crippen LogP contribution < -0.4 is 0 Å². The molecule has 0 fully saturated rings. The van der Waals surface area contributed by atoms with Gasteiger partial charge in [0, 0.05) is 12.8 Å². The topological polar surface area (TPSA) is 0 Å². The lowest BCUT2D eigenvalue weighted by molar-refractivity contribution is -0.460. The van der Waals surface area contributed by atoms with Gasteiger partial charge in [0.25, 0.3) is 11.3 Å². The molecule has 0 aliphatic heterocycles. The second-order valence-electron chi connectivity index (χ2n) is 7.03. The van der Waals surface area contributed by atoms with Crippen LogP contribution in [-0.4, -0.2) is 59.2 Å². The van der Waals surface area contributed by atoms with E-state index < -0.39 is 84.2 Å². The summed E-state index contributed by atoms with van der Waals surface area (Å²) in [6.45, 7) is 4.35. The average Bonchev–Trinajstić information content (AvgIpc) is 2.65. The van der Waals surface area contributed by atoms with E-state index in [0.29, 0.717) is 0 Å². The normalized spacial score (nSPS) is 18.9. The molecule has 2 atom stereocenters. The Morgan fingerprint density at radius 1 is 0.333 bits per heavy atom. The van der Waals surface area contributed by atoms with Crippen molar-refractivity contribution in [3.8, 4) is 0 Å². The number of rotatable bonds is 11. The molecule has 2 unspecified atom stereocenters. The van der Waals surface area contributed by atoms with Gasteiger partial charge >= 0.3 is 47.9 Å². The molecule has 214 valence electrons. The van der Waals surface area contributed by atoms with Crippen LogP contribution in [0.15, 0.2) is 25.3 Å². The Hall–Kier alpha value is -1.92. The molecule has 0 radical (unpaired) electrons. The summed E-state index contributed by atoms with van der Waals surface area (Å²) >= 11 is 0. The average molecular weight is 582 g/mol. The van der Waals surface area contributed by atoms with Crippen LogP contribution in [0.25, 0.3) is 0 Å². The van der Waals surface area contributed by atoms with Crippen molar-refractivity contribution in [2.24, 2.45) is 0 Å².